The molecule has 0 aliphatic carbocycles. The van der Waals surface area contributed by atoms with E-state index in [0.717, 1.165) is 5.56 Å². The number of nitrogens with one attached hydrogen (secondary N) is 1. The molecule has 0 spiro atoms. The van der Waals surface area contributed by atoms with Gasteiger partial charge in [0.15, 0.2) is 6.10 Å². The number of hydrogen-bond donors (Lipinski definition) is 1. The zero-order valence-corrected chi connectivity index (χ0v) is 14.4. The lowest BCUT2D eigenvalue weighted by Gasteiger charge is -2.20. The van der Waals surface area contributed by atoms with Crippen molar-refractivity contribution in [1.29, 1.82) is 0 Å². The molecule has 0 bridgehead atoms. The molecular formula is C18H21NO3S. The Kier molecular flexibility index (Phi) is 5.93. The van der Waals surface area contributed by atoms with Crippen molar-refractivity contribution in [3.8, 4) is 0 Å². The standard InChI is InChI=1S/C18H21NO3S/c1-12(2)16(22-18(21)15-5-4-10-23-15)17(20)19-11-14-8-6-13(3)7-9-14/h4-10,12,16H,11H2,1-3H3,(H,19,20)/t16-/m1/s1. The average molecular weight is 331 g/mol. The monoisotopic (exact) mass is 331 g/mol. The zero-order valence-electron chi connectivity index (χ0n) is 13.5. The number of carbonyl (C=O) groups is 2. The summed E-state index contributed by atoms with van der Waals surface area (Å²) in [5, 5.41) is 4.64. The second-order valence-corrected chi connectivity index (χ2v) is 6.70. The van der Waals surface area contributed by atoms with Gasteiger partial charge >= 0.3 is 5.97 Å². The van der Waals surface area contributed by atoms with Gasteiger partial charge in [-0.25, -0.2) is 4.79 Å². The van der Waals surface area contributed by atoms with Gasteiger partial charge in [0.2, 0.25) is 0 Å². The minimum absolute atomic E-state index is 0.100. The summed E-state index contributed by atoms with van der Waals surface area (Å²) in [5.41, 5.74) is 2.18. The van der Waals surface area contributed by atoms with Gasteiger partial charge in [0.1, 0.15) is 4.88 Å². The van der Waals surface area contributed by atoms with Crippen LogP contribution in [0.3, 0.4) is 0 Å². The average Bonchev–Trinajstić information content (AvgIpc) is 3.05. The third-order valence-corrected chi connectivity index (χ3v) is 4.26. The predicted molar refractivity (Wildman–Crippen MR) is 91.4 cm³/mol. The molecule has 0 aliphatic rings. The molecular weight excluding hydrogens is 310 g/mol. The van der Waals surface area contributed by atoms with E-state index in [0.29, 0.717) is 11.4 Å². The number of rotatable bonds is 6. The Labute approximate surface area is 140 Å². The number of thiophene rings is 1. The predicted octanol–water partition coefficient (Wildman–Crippen LogP) is 3.55. The lowest BCUT2D eigenvalue weighted by molar-refractivity contribution is -0.132. The third-order valence-electron chi connectivity index (χ3n) is 3.41. The van der Waals surface area contributed by atoms with Crippen molar-refractivity contribution >= 4 is 23.2 Å². The van der Waals surface area contributed by atoms with Crippen LogP contribution in [0.1, 0.15) is 34.6 Å². The molecule has 2 aromatic rings. The number of ether oxygens (including phenoxy) is 1. The summed E-state index contributed by atoms with van der Waals surface area (Å²) >= 11 is 1.30. The van der Waals surface area contributed by atoms with Crippen LogP contribution < -0.4 is 5.32 Å². The van der Waals surface area contributed by atoms with E-state index in [-0.39, 0.29) is 11.8 Å². The molecule has 1 aromatic carbocycles. The molecule has 5 heteroatoms. The SMILES string of the molecule is Cc1ccc(CNC(=O)[C@H](OC(=O)c2cccs2)C(C)C)cc1. The summed E-state index contributed by atoms with van der Waals surface area (Å²) in [5.74, 6) is -0.827. The second kappa shape index (κ2) is 7.92. The number of amides is 1. The molecule has 1 heterocycles. The van der Waals surface area contributed by atoms with Crippen molar-refractivity contribution in [3.63, 3.8) is 0 Å². The van der Waals surface area contributed by atoms with Crippen molar-refractivity contribution in [2.24, 2.45) is 5.92 Å². The number of benzene rings is 1. The van der Waals surface area contributed by atoms with Gasteiger partial charge in [-0.2, -0.15) is 0 Å². The quantitative estimate of drug-likeness (QED) is 0.824. The maximum absolute atomic E-state index is 12.3. The fourth-order valence-corrected chi connectivity index (χ4v) is 2.66. The molecule has 1 N–H and O–H groups in total. The first-order chi connectivity index (χ1) is 11.0. The first-order valence-corrected chi connectivity index (χ1v) is 8.43. The van der Waals surface area contributed by atoms with E-state index < -0.39 is 12.1 Å². The van der Waals surface area contributed by atoms with Crippen LogP contribution in [0.4, 0.5) is 0 Å². The van der Waals surface area contributed by atoms with Crippen molar-refractivity contribution in [2.45, 2.75) is 33.4 Å². The van der Waals surface area contributed by atoms with E-state index >= 15 is 0 Å². The Morgan fingerprint density at radius 1 is 1.17 bits per heavy atom. The molecule has 0 aliphatic heterocycles. The van der Waals surface area contributed by atoms with Crippen LogP contribution in [0, 0.1) is 12.8 Å². The Morgan fingerprint density at radius 2 is 1.87 bits per heavy atom. The highest BCUT2D eigenvalue weighted by Gasteiger charge is 2.27. The molecule has 1 amide bonds. The van der Waals surface area contributed by atoms with Crippen LogP contribution in [0.5, 0.6) is 0 Å². The van der Waals surface area contributed by atoms with Gasteiger partial charge in [0.05, 0.1) is 0 Å². The zero-order chi connectivity index (χ0) is 16.8. The van der Waals surface area contributed by atoms with Crippen LogP contribution in [-0.2, 0) is 16.1 Å². The van der Waals surface area contributed by atoms with E-state index in [1.165, 1.54) is 16.9 Å². The van der Waals surface area contributed by atoms with Gasteiger partial charge in [-0.3, -0.25) is 4.79 Å². The van der Waals surface area contributed by atoms with Crippen molar-refractivity contribution in [3.05, 3.63) is 57.8 Å². The van der Waals surface area contributed by atoms with Crippen LogP contribution in [0.15, 0.2) is 41.8 Å². The van der Waals surface area contributed by atoms with E-state index in [1.807, 2.05) is 45.0 Å². The molecule has 2 rings (SSSR count). The van der Waals surface area contributed by atoms with E-state index in [2.05, 4.69) is 5.32 Å². The van der Waals surface area contributed by atoms with E-state index in [4.69, 9.17) is 4.74 Å². The molecule has 23 heavy (non-hydrogen) atoms. The molecule has 1 atom stereocenters. The van der Waals surface area contributed by atoms with Gasteiger partial charge < -0.3 is 10.1 Å². The summed E-state index contributed by atoms with van der Waals surface area (Å²) in [4.78, 5) is 24.9. The molecule has 1 aromatic heterocycles. The van der Waals surface area contributed by atoms with Gasteiger partial charge in [-0.1, -0.05) is 49.7 Å². The van der Waals surface area contributed by atoms with Crippen molar-refractivity contribution in [2.75, 3.05) is 0 Å². The molecule has 0 fully saturated rings. The number of aryl methyl sites for hydroxylation is 1. The third kappa shape index (κ3) is 4.93. The van der Waals surface area contributed by atoms with Crippen LogP contribution >= 0.6 is 11.3 Å². The first-order valence-electron chi connectivity index (χ1n) is 7.55. The van der Waals surface area contributed by atoms with Crippen LogP contribution in [0.2, 0.25) is 0 Å². The first kappa shape index (κ1) is 17.2. The number of esters is 1. The lowest BCUT2D eigenvalue weighted by atomic mass is 10.1. The highest BCUT2D eigenvalue weighted by molar-refractivity contribution is 7.11. The summed E-state index contributed by atoms with van der Waals surface area (Å²) in [6.07, 6.45) is -0.796. The van der Waals surface area contributed by atoms with Gasteiger partial charge in [-0.15, -0.1) is 11.3 Å². The highest BCUT2D eigenvalue weighted by atomic mass is 32.1. The smallest absolute Gasteiger partial charge is 0.349 e. The van der Waals surface area contributed by atoms with Crippen molar-refractivity contribution < 1.29 is 14.3 Å². The largest absolute Gasteiger partial charge is 0.448 e. The molecule has 0 unspecified atom stereocenters. The Bertz CT molecular complexity index is 647. The highest BCUT2D eigenvalue weighted by Crippen LogP contribution is 2.15. The Balaban J connectivity index is 1.95. The second-order valence-electron chi connectivity index (χ2n) is 5.75. The minimum Gasteiger partial charge on any atom is -0.448 e. The Hall–Kier alpha value is -2.14. The summed E-state index contributed by atoms with van der Waals surface area (Å²) in [6, 6.07) is 11.4. The summed E-state index contributed by atoms with van der Waals surface area (Å²) in [7, 11) is 0. The number of hydrogen-bond acceptors (Lipinski definition) is 4. The molecule has 0 radical (unpaired) electrons. The Morgan fingerprint density at radius 3 is 2.43 bits per heavy atom. The summed E-state index contributed by atoms with van der Waals surface area (Å²) < 4.78 is 5.39. The molecule has 0 saturated heterocycles. The lowest BCUT2D eigenvalue weighted by Crippen LogP contribution is -2.40. The van der Waals surface area contributed by atoms with Crippen LogP contribution in [0.25, 0.3) is 0 Å². The molecule has 4 nitrogen and oxygen atoms in total. The van der Waals surface area contributed by atoms with Gasteiger partial charge in [0.25, 0.3) is 5.91 Å². The normalized spacial score (nSPS) is 12.0. The van der Waals surface area contributed by atoms with Gasteiger partial charge in [0, 0.05) is 6.54 Å². The number of carbonyl (C=O) groups excluding carboxylic acids is 2. The summed E-state index contributed by atoms with van der Waals surface area (Å²) in [6.45, 7) is 6.15. The van der Waals surface area contributed by atoms with Crippen molar-refractivity contribution in [1.82, 2.24) is 5.32 Å². The topological polar surface area (TPSA) is 55.4 Å². The van der Waals surface area contributed by atoms with E-state index in [9.17, 15) is 9.59 Å². The maximum Gasteiger partial charge on any atom is 0.349 e. The van der Waals surface area contributed by atoms with Crippen LogP contribution in [-0.4, -0.2) is 18.0 Å². The molecule has 122 valence electrons. The fraction of sp³-hybridized carbons (Fsp3) is 0.333. The minimum atomic E-state index is -0.796. The molecule has 0 saturated carbocycles. The van der Waals surface area contributed by atoms with E-state index in [1.54, 1.807) is 17.5 Å². The fourth-order valence-electron chi connectivity index (χ4n) is 2.06. The van der Waals surface area contributed by atoms with Gasteiger partial charge in [-0.05, 0) is 29.9 Å². The maximum atomic E-state index is 12.3.